The third-order valence-corrected chi connectivity index (χ3v) is 4.74. The molecule has 0 spiro atoms. The van der Waals surface area contributed by atoms with Crippen molar-refractivity contribution in [3.8, 4) is 5.75 Å². The standard InChI is InChI=1S/C22H23NO2/c1-14-5-9-20(11-15(14)2)23-22(24)16(3)17-6-7-19-13-21(25-4)10-8-18(19)12-17/h5-13,16H,1-4H3,(H,23,24)/t16-/m0/s1. The van der Waals surface area contributed by atoms with Crippen molar-refractivity contribution in [2.45, 2.75) is 26.7 Å². The van der Waals surface area contributed by atoms with Gasteiger partial charge in [-0.25, -0.2) is 0 Å². The van der Waals surface area contributed by atoms with Gasteiger partial charge >= 0.3 is 0 Å². The van der Waals surface area contributed by atoms with E-state index in [4.69, 9.17) is 4.74 Å². The molecule has 0 aliphatic rings. The topological polar surface area (TPSA) is 38.3 Å². The number of carbonyl (C=O) groups is 1. The van der Waals surface area contributed by atoms with Crippen LogP contribution < -0.4 is 10.1 Å². The number of methoxy groups -OCH3 is 1. The molecular weight excluding hydrogens is 310 g/mol. The maximum absolute atomic E-state index is 12.6. The number of carbonyl (C=O) groups excluding carboxylic acids is 1. The molecular formula is C22H23NO2. The molecule has 3 rings (SSSR count). The third-order valence-electron chi connectivity index (χ3n) is 4.74. The molecule has 3 heteroatoms. The monoisotopic (exact) mass is 333 g/mol. The summed E-state index contributed by atoms with van der Waals surface area (Å²) in [6, 6.07) is 18.0. The lowest BCUT2D eigenvalue weighted by molar-refractivity contribution is -0.117. The molecule has 25 heavy (non-hydrogen) atoms. The Hall–Kier alpha value is -2.81. The maximum Gasteiger partial charge on any atom is 0.231 e. The van der Waals surface area contributed by atoms with Gasteiger partial charge in [0.2, 0.25) is 5.91 Å². The number of aryl methyl sites for hydroxylation is 2. The van der Waals surface area contributed by atoms with Crippen molar-refractivity contribution in [3.05, 3.63) is 71.3 Å². The summed E-state index contributed by atoms with van der Waals surface area (Å²) in [5.74, 6) is 0.602. The largest absolute Gasteiger partial charge is 0.497 e. The number of rotatable bonds is 4. The minimum absolute atomic E-state index is 0.00360. The van der Waals surface area contributed by atoms with Crippen molar-refractivity contribution in [2.24, 2.45) is 0 Å². The molecule has 1 atom stereocenters. The smallest absolute Gasteiger partial charge is 0.231 e. The minimum Gasteiger partial charge on any atom is -0.497 e. The molecule has 3 aromatic carbocycles. The Kier molecular flexibility index (Phi) is 4.75. The number of anilines is 1. The van der Waals surface area contributed by atoms with Crippen molar-refractivity contribution in [2.75, 3.05) is 12.4 Å². The SMILES string of the molecule is COc1ccc2cc([C@H](C)C(=O)Nc3ccc(C)c(C)c3)ccc2c1. The van der Waals surface area contributed by atoms with E-state index in [0.29, 0.717) is 0 Å². The van der Waals surface area contributed by atoms with Gasteiger partial charge in [0.15, 0.2) is 0 Å². The highest BCUT2D eigenvalue weighted by molar-refractivity contribution is 5.96. The van der Waals surface area contributed by atoms with E-state index < -0.39 is 0 Å². The van der Waals surface area contributed by atoms with E-state index in [1.807, 2.05) is 62.4 Å². The Bertz CT molecular complexity index is 930. The van der Waals surface area contributed by atoms with Gasteiger partial charge in [-0.3, -0.25) is 4.79 Å². The Balaban J connectivity index is 1.81. The van der Waals surface area contributed by atoms with Crippen molar-refractivity contribution in [1.82, 2.24) is 0 Å². The Labute approximate surface area is 148 Å². The fourth-order valence-corrected chi connectivity index (χ4v) is 2.86. The van der Waals surface area contributed by atoms with Crippen LogP contribution in [0.15, 0.2) is 54.6 Å². The number of hydrogen-bond acceptors (Lipinski definition) is 2. The number of benzene rings is 3. The highest BCUT2D eigenvalue weighted by Crippen LogP contribution is 2.26. The molecule has 0 saturated heterocycles. The second-order valence-corrected chi connectivity index (χ2v) is 6.48. The van der Waals surface area contributed by atoms with Crippen molar-refractivity contribution in [1.29, 1.82) is 0 Å². The molecule has 0 radical (unpaired) electrons. The molecule has 0 bridgehead atoms. The van der Waals surface area contributed by atoms with Crippen LogP contribution in [0.3, 0.4) is 0 Å². The Morgan fingerprint density at radius 3 is 2.36 bits per heavy atom. The fraction of sp³-hybridized carbons (Fsp3) is 0.227. The molecule has 0 heterocycles. The third kappa shape index (κ3) is 3.66. The zero-order valence-electron chi connectivity index (χ0n) is 15.1. The lowest BCUT2D eigenvalue weighted by Gasteiger charge is -2.14. The first kappa shape index (κ1) is 17.0. The van der Waals surface area contributed by atoms with Crippen molar-refractivity contribution in [3.63, 3.8) is 0 Å². The second kappa shape index (κ2) is 6.98. The van der Waals surface area contributed by atoms with E-state index >= 15 is 0 Å². The first-order valence-corrected chi connectivity index (χ1v) is 8.44. The van der Waals surface area contributed by atoms with E-state index in [1.54, 1.807) is 7.11 Å². The van der Waals surface area contributed by atoms with E-state index in [9.17, 15) is 4.79 Å². The Morgan fingerprint density at radius 1 is 0.920 bits per heavy atom. The second-order valence-electron chi connectivity index (χ2n) is 6.48. The highest BCUT2D eigenvalue weighted by atomic mass is 16.5. The van der Waals surface area contributed by atoms with Crippen LogP contribution in [0.25, 0.3) is 10.8 Å². The van der Waals surface area contributed by atoms with Crippen LogP contribution in [0.4, 0.5) is 5.69 Å². The number of nitrogens with one attached hydrogen (secondary N) is 1. The summed E-state index contributed by atoms with van der Waals surface area (Å²) >= 11 is 0. The van der Waals surface area contributed by atoms with Crippen LogP contribution in [0.2, 0.25) is 0 Å². The molecule has 0 saturated carbocycles. The summed E-state index contributed by atoms with van der Waals surface area (Å²) in [7, 11) is 1.66. The lowest BCUT2D eigenvalue weighted by atomic mass is 9.97. The van der Waals surface area contributed by atoms with Gasteiger partial charge in [0.25, 0.3) is 0 Å². The lowest BCUT2D eigenvalue weighted by Crippen LogP contribution is -2.18. The molecule has 0 aromatic heterocycles. The number of fused-ring (bicyclic) bond motifs is 1. The summed E-state index contributed by atoms with van der Waals surface area (Å²) in [4.78, 5) is 12.6. The average molecular weight is 333 g/mol. The summed E-state index contributed by atoms with van der Waals surface area (Å²) < 4.78 is 5.26. The molecule has 0 fully saturated rings. The molecule has 3 aromatic rings. The zero-order valence-corrected chi connectivity index (χ0v) is 15.1. The van der Waals surface area contributed by atoms with Crippen LogP contribution in [0.5, 0.6) is 5.75 Å². The average Bonchev–Trinajstić information content (AvgIpc) is 2.63. The first-order valence-electron chi connectivity index (χ1n) is 8.44. The van der Waals surface area contributed by atoms with E-state index in [-0.39, 0.29) is 11.8 Å². The normalized spacial score (nSPS) is 12.0. The van der Waals surface area contributed by atoms with Gasteiger partial charge in [-0.05, 0) is 72.5 Å². The van der Waals surface area contributed by atoms with E-state index in [1.165, 1.54) is 11.1 Å². The molecule has 1 N–H and O–H groups in total. The van der Waals surface area contributed by atoms with Gasteiger partial charge in [0.05, 0.1) is 13.0 Å². The van der Waals surface area contributed by atoms with Crippen molar-refractivity contribution >= 4 is 22.4 Å². The van der Waals surface area contributed by atoms with E-state index in [0.717, 1.165) is 27.8 Å². The van der Waals surface area contributed by atoms with Crippen LogP contribution in [-0.2, 0) is 4.79 Å². The molecule has 0 aliphatic carbocycles. The minimum atomic E-state index is -0.229. The van der Waals surface area contributed by atoms with Crippen LogP contribution in [0.1, 0.15) is 29.5 Å². The summed E-state index contributed by atoms with van der Waals surface area (Å²) in [5.41, 5.74) is 4.23. The quantitative estimate of drug-likeness (QED) is 0.712. The van der Waals surface area contributed by atoms with Gasteiger partial charge in [0, 0.05) is 5.69 Å². The summed E-state index contributed by atoms with van der Waals surface area (Å²) in [5, 5.41) is 5.22. The molecule has 3 nitrogen and oxygen atoms in total. The predicted molar refractivity (Wildman–Crippen MR) is 103 cm³/mol. The van der Waals surface area contributed by atoms with Gasteiger partial charge < -0.3 is 10.1 Å². The molecule has 1 amide bonds. The summed E-state index contributed by atoms with van der Waals surface area (Å²) in [6.45, 7) is 6.04. The number of amides is 1. The van der Waals surface area contributed by atoms with Gasteiger partial charge in [-0.15, -0.1) is 0 Å². The Morgan fingerprint density at radius 2 is 1.64 bits per heavy atom. The van der Waals surface area contributed by atoms with Crippen LogP contribution in [-0.4, -0.2) is 13.0 Å². The molecule has 0 unspecified atom stereocenters. The molecule has 128 valence electrons. The maximum atomic E-state index is 12.6. The first-order chi connectivity index (χ1) is 12.0. The number of ether oxygens (including phenoxy) is 1. The van der Waals surface area contributed by atoms with Crippen LogP contribution in [0, 0.1) is 13.8 Å². The number of hydrogen-bond donors (Lipinski definition) is 1. The van der Waals surface area contributed by atoms with E-state index in [2.05, 4.69) is 18.3 Å². The van der Waals surface area contributed by atoms with Crippen LogP contribution >= 0.6 is 0 Å². The van der Waals surface area contributed by atoms with Crippen molar-refractivity contribution < 1.29 is 9.53 Å². The van der Waals surface area contributed by atoms with Gasteiger partial charge in [-0.2, -0.15) is 0 Å². The zero-order chi connectivity index (χ0) is 18.0. The molecule has 0 aliphatic heterocycles. The fourth-order valence-electron chi connectivity index (χ4n) is 2.86. The summed E-state index contributed by atoms with van der Waals surface area (Å²) in [6.07, 6.45) is 0. The van der Waals surface area contributed by atoms with Gasteiger partial charge in [0.1, 0.15) is 5.75 Å². The van der Waals surface area contributed by atoms with Gasteiger partial charge in [-0.1, -0.05) is 30.3 Å². The highest BCUT2D eigenvalue weighted by Gasteiger charge is 2.16. The predicted octanol–water partition coefficient (Wildman–Crippen LogP) is 5.21.